The molecule has 0 unspecified atom stereocenters. The first-order valence-electron chi connectivity index (χ1n) is 6.18. The van der Waals surface area contributed by atoms with Gasteiger partial charge in [0.1, 0.15) is 0 Å². The van der Waals surface area contributed by atoms with Crippen LogP contribution in [0.15, 0.2) is 0 Å². The zero-order chi connectivity index (χ0) is 13.1. The van der Waals surface area contributed by atoms with E-state index in [1.54, 1.807) is 4.90 Å². The second-order valence-corrected chi connectivity index (χ2v) is 8.25. The van der Waals surface area contributed by atoms with Crippen molar-refractivity contribution in [3.63, 3.8) is 0 Å². The van der Waals surface area contributed by atoms with Gasteiger partial charge in [-0.05, 0) is 18.3 Å². The Morgan fingerprint density at radius 2 is 1.71 bits per heavy atom. The molecule has 0 saturated carbocycles. The summed E-state index contributed by atoms with van der Waals surface area (Å²) < 4.78 is 22.5. The van der Waals surface area contributed by atoms with Crippen molar-refractivity contribution in [1.82, 2.24) is 4.90 Å². The number of carbonyl (C=O) groups is 1. The molecule has 0 aliphatic carbocycles. The normalized spacial score (nSPS) is 20.3. The minimum atomic E-state index is -2.89. The Labute approximate surface area is 104 Å². The highest BCUT2D eigenvalue weighted by Crippen LogP contribution is 2.22. The third-order valence-electron chi connectivity index (χ3n) is 3.01. The Hall–Kier alpha value is -0.580. The molecule has 1 rings (SSSR count). The van der Waals surface area contributed by atoms with E-state index in [0.29, 0.717) is 19.5 Å². The fourth-order valence-corrected chi connectivity index (χ4v) is 3.09. The third kappa shape index (κ3) is 5.52. The summed E-state index contributed by atoms with van der Waals surface area (Å²) in [6.45, 7) is 7.22. The molecular formula is C12H23NO3S. The average Bonchev–Trinajstić information content (AvgIpc) is 2.15. The highest BCUT2D eigenvalue weighted by molar-refractivity contribution is 7.91. The predicted octanol–water partition coefficient (Wildman–Crippen LogP) is 1.46. The van der Waals surface area contributed by atoms with E-state index in [9.17, 15) is 13.2 Å². The number of amides is 1. The van der Waals surface area contributed by atoms with E-state index in [0.717, 1.165) is 12.8 Å². The fourth-order valence-electron chi connectivity index (χ4n) is 1.89. The summed E-state index contributed by atoms with van der Waals surface area (Å²) in [6.07, 6.45) is 2.44. The van der Waals surface area contributed by atoms with Gasteiger partial charge in [-0.15, -0.1) is 0 Å². The monoisotopic (exact) mass is 261 g/mol. The van der Waals surface area contributed by atoms with E-state index in [-0.39, 0.29) is 22.8 Å². The van der Waals surface area contributed by atoms with Crippen LogP contribution in [0.3, 0.4) is 0 Å². The van der Waals surface area contributed by atoms with E-state index >= 15 is 0 Å². The molecule has 1 aliphatic rings. The lowest BCUT2D eigenvalue weighted by Crippen LogP contribution is -2.43. The Bertz CT molecular complexity index is 354. The SMILES string of the molecule is CC(C)(C)CCCC(=O)N1CCS(=O)(=O)CC1. The lowest BCUT2D eigenvalue weighted by molar-refractivity contribution is -0.131. The lowest BCUT2D eigenvalue weighted by atomic mass is 9.90. The molecule has 0 radical (unpaired) electrons. The standard InChI is InChI=1S/C12H23NO3S/c1-12(2,3)6-4-5-11(14)13-7-9-17(15,16)10-8-13/h4-10H2,1-3H3. The maximum absolute atomic E-state index is 11.8. The van der Waals surface area contributed by atoms with Crippen LogP contribution in [0.5, 0.6) is 0 Å². The van der Waals surface area contributed by atoms with E-state index in [2.05, 4.69) is 20.8 Å². The molecule has 0 spiro atoms. The van der Waals surface area contributed by atoms with Crippen LogP contribution in [0.1, 0.15) is 40.0 Å². The summed E-state index contributed by atoms with van der Waals surface area (Å²) in [5.74, 6) is 0.347. The molecule has 0 N–H and O–H groups in total. The van der Waals surface area contributed by atoms with Crippen molar-refractivity contribution in [3.8, 4) is 0 Å². The van der Waals surface area contributed by atoms with Crippen molar-refractivity contribution < 1.29 is 13.2 Å². The molecule has 1 fully saturated rings. The minimum Gasteiger partial charge on any atom is -0.341 e. The zero-order valence-electron chi connectivity index (χ0n) is 11.0. The molecule has 4 nitrogen and oxygen atoms in total. The summed E-state index contributed by atoms with van der Waals surface area (Å²) in [4.78, 5) is 13.5. The van der Waals surface area contributed by atoms with Gasteiger partial charge >= 0.3 is 0 Å². The van der Waals surface area contributed by atoms with Crippen LogP contribution in [-0.4, -0.2) is 43.8 Å². The van der Waals surface area contributed by atoms with Crippen molar-refractivity contribution in [2.24, 2.45) is 5.41 Å². The quantitative estimate of drug-likeness (QED) is 0.773. The highest BCUT2D eigenvalue weighted by Gasteiger charge is 2.24. The molecule has 1 amide bonds. The third-order valence-corrected chi connectivity index (χ3v) is 4.62. The molecule has 0 atom stereocenters. The summed E-state index contributed by atoms with van der Waals surface area (Å²) >= 11 is 0. The van der Waals surface area contributed by atoms with Crippen LogP contribution >= 0.6 is 0 Å². The van der Waals surface area contributed by atoms with Crippen molar-refractivity contribution in [2.75, 3.05) is 24.6 Å². The van der Waals surface area contributed by atoms with E-state index in [1.807, 2.05) is 0 Å². The van der Waals surface area contributed by atoms with Gasteiger partial charge in [-0.1, -0.05) is 20.8 Å². The van der Waals surface area contributed by atoms with Gasteiger partial charge in [0.05, 0.1) is 11.5 Å². The molecule has 1 heterocycles. The molecule has 5 heteroatoms. The molecule has 1 saturated heterocycles. The molecular weight excluding hydrogens is 238 g/mol. The van der Waals surface area contributed by atoms with Crippen LogP contribution in [0.25, 0.3) is 0 Å². The van der Waals surface area contributed by atoms with Crippen molar-refractivity contribution in [3.05, 3.63) is 0 Å². The van der Waals surface area contributed by atoms with E-state index < -0.39 is 9.84 Å². The number of rotatable bonds is 3. The minimum absolute atomic E-state index is 0.101. The van der Waals surface area contributed by atoms with Crippen LogP contribution in [0, 0.1) is 5.41 Å². The topological polar surface area (TPSA) is 54.5 Å². The molecule has 0 aromatic rings. The second-order valence-electron chi connectivity index (χ2n) is 5.95. The van der Waals surface area contributed by atoms with Crippen molar-refractivity contribution in [1.29, 1.82) is 0 Å². The second kappa shape index (κ2) is 5.38. The van der Waals surface area contributed by atoms with Gasteiger partial charge in [0.15, 0.2) is 9.84 Å². The molecule has 1 aliphatic heterocycles. The molecule has 17 heavy (non-hydrogen) atoms. The number of nitrogens with zero attached hydrogens (tertiary/aromatic N) is 1. The molecule has 100 valence electrons. The van der Waals surface area contributed by atoms with Gasteiger partial charge in [-0.3, -0.25) is 4.79 Å². The fraction of sp³-hybridized carbons (Fsp3) is 0.917. The summed E-state index contributed by atoms with van der Waals surface area (Å²) in [6, 6.07) is 0. The van der Waals surface area contributed by atoms with Crippen LogP contribution < -0.4 is 0 Å². The number of hydrogen-bond donors (Lipinski definition) is 0. The highest BCUT2D eigenvalue weighted by atomic mass is 32.2. The first-order valence-corrected chi connectivity index (χ1v) is 8.00. The van der Waals surface area contributed by atoms with Gasteiger partial charge in [0.25, 0.3) is 0 Å². The molecule has 0 aromatic carbocycles. The number of sulfone groups is 1. The Morgan fingerprint density at radius 1 is 1.18 bits per heavy atom. The van der Waals surface area contributed by atoms with Crippen molar-refractivity contribution >= 4 is 15.7 Å². The van der Waals surface area contributed by atoms with Gasteiger partial charge in [-0.25, -0.2) is 8.42 Å². The predicted molar refractivity (Wildman–Crippen MR) is 68.5 cm³/mol. The van der Waals surface area contributed by atoms with Crippen LogP contribution in [-0.2, 0) is 14.6 Å². The van der Waals surface area contributed by atoms with E-state index in [1.165, 1.54) is 0 Å². The number of hydrogen-bond acceptors (Lipinski definition) is 3. The summed E-state index contributed by atoms with van der Waals surface area (Å²) in [7, 11) is -2.89. The Kier molecular flexibility index (Phi) is 4.58. The van der Waals surface area contributed by atoms with Crippen molar-refractivity contribution in [2.45, 2.75) is 40.0 Å². The zero-order valence-corrected chi connectivity index (χ0v) is 11.8. The Morgan fingerprint density at radius 3 is 2.18 bits per heavy atom. The summed E-state index contributed by atoms with van der Waals surface area (Å²) in [5.41, 5.74) is 0.255. The summed E-state index contributed by atoms with van der Waals surface area (Å²) in [5, 5.41) is 0. The smallest absolute Gasteiger partial charge is 0.222 e. The maximum Gasteiger partial charge on any atom is 0.222 e. The largest absolute Gasteiger partial charge is 0.341 e. The van der Waals surface area contributed by atoms with Crippen LogP contribution in [0.2, 0.25) is 0 Å². The molecule has 0 bridgehead atoms. The molecule has 0 aromatic heterocycles. The average molecular weight is 261 g/mol. The first kappa shape index (κ1) is 14.5. The van der Waals surface area contributed by atoms with Gasteiger partial charge in [0.2, 0.25) is 5.91 Å². The Balaban J connectivity index is 2.30. The van der Waals surface area contributed by atoms with Gasteiger partial charge in [-0.2, -0.15) is 0 Å². The lowest BCUT2D eigenvalue weighted by Gasteiger charge is -2.27. The van der Waals surface area contributed by atoms with Gasteiger partial charge in [0, 0.05) is 19.5 Å². The van der Waals surface area contributed by atoms with Gasteiger partial charge < -0.3 is 4.90 Å². The van der Waals surface area contributed by atoms with Crippen LogP contribution in [0.4, 0.5) is 0 Å². The van der Waals surface area contributed by atoms with E-state index in [4.69, 9.17) is 0 Å². The maximum atomic E-state index is 11.8. The number of carbonyl (C=O) groups excluding carboxylic acids is 1. The first-order chi connectivity index (χ1) is 7.70.